The molecule has 5 heteroatoms. The Labute approximate surface area is 180 Å². The van der Waals surface area contributed by atoms with Crippen LogP contribution in [-0.4, -0.2) is 23.2 Å². The van der Waals surface area contributed by atoms with E-state index in [9.17, 15) is 0 Å². The van der Waals surface area contributed by atoms with Gasteiger partial charge in [-0.2, -0.15) is 0 Å². The van der Waals surface area contributed by atoms with E-state index in [0.29, 0.717) is 12.1 Å². The van der Waals surface area contributed by atoms with Crippen molar-refractivity contribution in [1.29, 1.82) is 0 Å². The van der Waals surface area contributed by atoms with Gasteiger partial charge in [0.05, 0.1) is 0 Å². The van der Waals surface area contributed by atoms with Crippen molar-refractivity contribution < 1.29 is 17.0 Å². The molecular formula is C21H40Cl2N2Ti-2. The summed E-state index contributed by atoms with van der Waals surface area (Å²) in [4.78, 5) is 0. The zero-order valence-electron chi connectivity index (χ0n) is 17.8. The van der Waals surface area contributed by atoms with Crippen molar-refractivity contribution in [1.82, 2.24) is 0 Å². The van der Waals surface area contributed by atoms with Gasteiger partial charge in [-0.1, -0.05) is 111 Å². The Hall–Kier alpha value is 1.21. The third-order valence-corrected chi connectivity index (χ3v) is 5.45. The Kier molecular flexibility index (Phi) is 11.7. The standard InChI is InChI=1S/C21H40N2.2ClH.Ti/c1-20(2,3)22-18-13-9-7-11-16(18)15-17-12-8-10-14-19(17)23-21(4,5)6;;;/h16-19H,7-15H2,1-6H3;2*1H;/q-2;;;+2/p-2. The van der Waals surface area contributed by atoms with Crippen molar-refractivity contribution >= 4 is 18.6 Å². The molecule has 2 aliphatic rings. The summed E-state index contributed by atoms with van der Waals surface area (Å²) in [6.07, 6.45) is 12.4. The quantitative estimate of drug-likeness (QED) is 0.395. The maximum atomic E-state index is 5.18. The summed E-state index contributed by atoms with van der Waals surface area (Å²) >= 11 is -0.556. The monoisotopic (exact) mass is 438 g/mol. The zero-order chi connectivity index (χ0) is 19.8. The first kappa shape index (κ1) is 25.3. The molecule has 2 saturated carbocycles. The summed E-state index contributed by atoms with van der Waals surface area (Å²) in [6, 6.07) is 1.20. The van der Waals surface area contributed by atoms with Gasteiger partial charge in [-0.3, -0.25) is 0 Å². The molecule has 0 N–H and O–H groups in total. The topological polar surface area (TPSA) is 28.2 Å². The molecule has 26 heavy (non-hydrogen) atoms. The van der Waals surface area contributed by atoms with Crippen LogP contribution >= 0.6 is 18.6 Å². The molecule has 2 nitrogen and oxygen atoms in total. The molecule has 2 rings (SSSR count). The third-order valence-electron chi connectivity index (χ3n) is 5.45. The summed E-state index contributed by atoms with van der Waals surface area (Å²) in [6.45, 7) is 13.6. The van der Waals surface area contributed by atoms with Crippen LogP contribution in [0, 0.1) is 11.8 Å². The Morgan fingerprint density at radius 3 is 1.31 bits per heavy atom. The number of nitrogens with zero attached hydrogens (tertiary/aromatic N) is 2. The normalized spacial score (nSPS) is 30.3. The molecule has 4 atom stereocenters. The predicted molar refractivity (Wildman–Crippen MR) is 114 cm³/mol. The van der Waals surface area contributed by atoms with Crippen LogP contribution in [0.3, 0.4) is 0 Å². The average Bonchev–Trinajstić information content (AvgIpc) is 2.49. The second-order valence-corrected chi connectivity index (χ2v) is 12.7. The van der Waals surface area contributed by atoms with E-state index in [1.54, 1.807) is 0 Å². The van der Waals surface area contributed by atoms with Gasteiger partial charge in [-0.05, 0) is 0 Å². The van der Waals surface area contributed by atoms with Crippen LogP contribution in [0.15, 0.2) is 0 Å². The fraction of sp³-hybridized carbons (Fsp3) is 1.00. The van der Waals surface area contributed by atoms with Crippen LogP contribution in [0.2, 0.25) is 0 Å². The zero-order valence-corrected chi connectivity index (χ0v) is 20.9. The van der Waals surface area contributed by atoms with Crippen molar-refractivity contribution in [2.45, 2.75) is 122 Å². The molecule has 0 aliphatic heterocycles. The van der Waals surface area contributed by atoms with Crippen molar-refractivity contribution in [3.8, 4) is 0 Å². The van der Waals surface area contributed by atoms with Gasteiger partial charge in [-0.25, -0.2) is 0 Å². The first-order valence-corrected chi connectivity index (χ1v) is 14.8. The number of halogens is 2. The van der Waals surface area contributed by atoms with Crippen molar-refractivity contribution in [2.24, 2.45) is 11.8 Å². The molecule has 154 valence electrons. The molecule has 0 heterocycles. The van der Waals surface area contributed by atoms with E-state index in [1.165, 1.54) is 57.8 Å². The summed E-state index contributed by atoms with van der Waals surface area (Å²) in [5.41, 5.74) is 0.226. The minimum atomic E-state index is -0.556. The van der Waals surface area contributed by atoms with Gasteiger partial charge in [0.1, 0.15) is 0 Å². The molecule has 2 aliphatic carbocycles. The number of rotatable bonds is 4. The molecule has 0 saturated heterocycles. The van der Waals surface area contributed by atoms with Crippen molar-refractivity contribution in [3.63, 3.8) is 0 Å². The molecule has 2 fully saturated rings. The molecule has 0 amide bonds. The Balaban J connectivity index is 0.00000105. The Bertz CT molecular complexity index is 345. The molecule has 0 spiro atoms. The Morgan fingerprint density at radius 1 is 0.692 bits per heavy atom. The van der Waals surface area contributed by atoms with Crippen LogP contribution in [0.5, 0.6) is 0 Å². The van der Waals surface area contributed by atoms with Crippen molar-refractivity contribution in [3.05, 3.63) is 10.6 Å². The predicted octanol–water partition coefficient (Wildman–Crippen LogP) is 8.22. The van der Waals surface area contributed by atoms with E-state index in [2.05, 4.69) is 41.5 Å². The molecule has 0 radical (unpaired) electrons. The van der Waals surface area contributed by atoms with Crippen molar-refractivity contribution in [2.75, 3.05) is 0 Å². The molecule has 0 bridgehead atoms. The summed E-state index contributed by atoms with van der Waals surface area (Å²) in [5, 5.41) is 10.4. The van der Waals surface area contributed by atoms with E-state index in [1.807, 2.05) is 0 Å². The van der Waals surface area contributed by atoms with Gasteiger partial charge in [0, 0.05) is 0 Å². The van der Waals surface area contributed by atoms with Crippen LogP contribution < -0.4 is 0 Å². The van der Waals surface area contributed by atoms with E-state index in [4.69, 9.17) is 29.2 Å². The van der Waals surface area contributed by atoms with E-state index in [-0.39, 0.29) is 11.1 Å². The molecule has 4 unspecified atom stereocenters. The summed E-state index contributed by atoms with van der Waals surface area (Å²) < 4.78 is 0. The SMILES string of the molecule is CC(C)(C)[N-]C1CCCCC1CC1CCCCC1[N-]C(C)(C)C.[Cl][Ti][Cl]. The first-order valence-electron chi connectivity index (χ1n) is 10.5. The second-order valence-electron chi connectivity index (χ2n) is 10.1. The number of hydrogen-bond acceptors (Lipinski definition) is 0. The first-order chi connectivity index (χ1) is 12.1. The van der Waals surface area contributed by atoms with Gasteiger partial charge < -0.3 is 10.6 Å². The maximum absolute atomic E-state index is 5.18. The van der Waals surface area contributed by atoms with Gasteiger partial charge in [0.15, 0.2) is 0 Å². The van der Waals surface area contributed by atoms with Gasteiger partial charge >= 0.3 is 35.6 Å². The average molecular weight is 439 g/mol. The van der Waals surface area contributed by atoms with E-state index in [0.717, 1.165) is 11.8 Å². The molecular weight excluding hydrogens is 399 g/mol. The number of hydrogen-bond donors (Lipinski definition) is 0. The summed E-state index contributed by atoms with van der Waals surface area (Å²) in [7, 11) is 9.78. The van der Waals surface area contributed by atoms with Gasteiger partial charge in [-0.15, -0.1) is 23.2 Å². The van der Waals surface area contributed by atoms with E-state index < -0.39 is 17.0 Å². The van der Waals surface area contributed by atoms with Crippen LogP contribution in [0.1, 0.15) is 99.3 Å². The van der Waals surface area contributed by atoms with Crippen LogP contribution in [-0.2, 0) is 17.0 Å². The fourth-order valence-electron chi connectivity index (χ4n) is 4.65. The van der Waals surface area contributed by atoms with Crippen LogP contribution in [0.25, 0.3) is 10.6 Å². The van der Waals surface area contributed by atoms with E-state index >= 15 is 0 Å². The minimum absolute atomic E-state index is 0.113. The molecule has 0 aromatic heterocycles. The van der Waals surface area contributed by atoms with Crippen LogP contribution in [0.4, 0.5) is 0 Å². The molecule has 0 aromatic carbocycles. The molecule has 0 aromatic rings. The summed E-state index contributed by atoms with van der Waals surface area (Å²) in [5.74, 6) is 1.62. The fourth-order valence-corrected chi connectivity index (χ4v) is 4.65. The van der Waals surface area contributed by atoms with Gasteiger partial charge in [0.2, 0.25) is 0 Å². The van der Waals surface area contributed by atoms with Gasteiger partial charge in [0.25, 0.3) is 0 Å². The third kappa shape index (κ3) is 10.7. The second kappa shape index (κ2) is 12.0. The Morgan fingerprint density at radius 2 is 1.00 bits per heavy atom.